The van der Waals surface area contributed by atoms with Crippen molar-refractivity contribution in [2.45, 2.75) is 37.8 Å². The Bertz CT molecular complexity index is 1660. The van der Waals surface area contributed by atoms with Crippen LogP contribution in [0.25, 0.3) is 0 Å². The summed E-state index contributed by atoms with van der Waals surface area (Å²) in [4.78, 5) is 29.1. The summed E-state index contributed by atoms with van der Waals surface area (Å²) in [5.74, 6) is -1.01. The van der Waals surface area contributed by atoms with Crippen molar-refractivity contribution >= 4 is 50.7 Å². The first kappa shape index (κ1) is 32.1. The Balaban J connectivity index is 1.81. The number of anilines is 1. The molecule has 1 N–H and O–H groups in total. The third-order valence-electron chi connectivity index (χ3n) is 7.12. The first-order chi connectivity index (χ1) is 20.5. The van der Waals surface area contributed by atoms with E-state index in [0.717, 1.165) is 21.0 Å². The fourth-order valence-corrected chi connectivity index (χ4v) is 6.58. The van der Waals surface area contributed by atoms with Gasteiger partial charge in [-0.15, -0.1) is 0 Å². The normalized spacial score (nSPS) is 11.9. The standard InChI is InChI=1S/C33H33Cl2N3O4S/c1-23-12-16-26(17-13-23)38(43(41,42)27-18-14-24(2)15-19-27)22-32(39)37(21-28-29(34)10-7-11-30(28)35)31(33(40)36-3)20-25-8-5-4-6-9-25/h4-19,31H,20-22H2,1-3H3,(H,36,40)/t31-/m1/s1. The van der Waals surface area contributed by atoms with Crippen LogP contribution in [-0.4, -0.2) is 44.8 Å². The van der Waals surface area contributed by atoms with Gasteiger partial charge in [-0.3, -0.25) is 13.9 Å². The molecular weight excluding hydrogens is 605 g/mol. The first-order valence-electron chi connectivity index (χ1n) is 13.6. The van der Waals surface area contributed by atoms with Crippen molar-refractivity contribution in [2.75, 3.05) is 17.9 Å². The van der Waals surface area contributed by atoms with Crippen LogP contribution in [0.5, 0.6) is 0 Å². The van der Waals surface area contributed by atoms with Crippen molar-refractivity contribution in [1.82, 2.24) is 10.2 Å². The molecule has 1 atom stereocenters. The Morgan fingerprint density at radius 2 is 1.35 bits per heavy atom. The molecule has 0 aromatic heterocycles. The lowest BCUT2D eigenvalue weighted by atomic mass is 10.0. The molecule has 0 aliphatic carbocycles. The summed E-state index contributed by atoms with van der Waals surface area (Å²) in [5.41, 5.74) is 3.41. The smallest absolute Gasteiger partial charge is 0.264 e. The average molecular weight is 639 g/mol. The van der Waals surface area contributed by atoms with Gasteiger partial charge in [-0.05, 0) is 55.8 Å². The Morgan fingerprint density at radius 1 is 0.791 bits per heavy atom. The van der Waals surface area contributed by atoms with Gasteiger partial charge in [-0.1, -0.05) is 95.0 Å². The van der Waals surface area contributed by atoms with Gasteiger partial charge in [0.1, 0.15) is 12.6 Å². The third kappa shape index (κ3) is 7.76. The number of hydrogen-bond acceptors (Lipinski definition) is 4. The van der Waals surface area contributed by atoms with Crippen LogP contribution in [0.3, 0.4) is 0 Å². The predicted octanol–water partition coefficient (Wildman–Crippen LogP) is 6.19. The summed E-state index contributed by atoms with van der Waals surface area (Å²) in [7, 11) is -2.69. The number of rotatable bonds is 11. The SMILES string of the molecule is CNC(=O)[C@@H](Cc1ccccc1)N(Cc1c(Cl)cccc1Cl)C(=O)CN(c1ccc(C)cc1)S(=O)(=O)c1ccc(C)cc1. The molecular formula is C33H33Cl2N3O4S. The van der Waals surface area contributed by atoms with Gasteiger partial charge < -0.3 is 10.2 Å². The number of carbonyl (C=O) groups is 2. The molecule has 0 saturated heterocycles. The Labute approximate surface area is 263 Å². The summed E-state index contributed by atoms with van der Waals surface area (Å²) >= 11 is 13.0. The molecule has 0 aliphatic rings. The van der Waals surface area contributed by atoms with Crippen molar-refractivity contribution in [3.05, 3.63) is 129 Å². The molecule has 4 aromatic carbocycles. The Hall–Kier alpha value is -3.85. The van der Waals surface area contributed by atoms with Crippen LogP contribution in [0.15, 0.2) is 102 Å². The fourth-order valence-electron chi connectivity index (χ4n) is 4.65. The van der Waals surface area contributed by atoms with E-state index in [4.69, 9.17) is 23.2 Å². The molecule has 0 saturated carbocycles. The van der Waals surface area contributed by atoms with Gasteiger partial charge in [-0.25, -0.2) is 8.42 Å². The molecule has 0 aliphatic heterocycles. The van der Waals surface area contributed by atoms with Crippen LogP contribution in [0.2, 0.25) is 10.0 Å². The maximum Gasteiger partial charge on any atom is 0.264 e. The largest absolute Gasteiger partial charge is 0.357 e. The molecule has 2 amide bonds. The second-order valence-corrected chi connectivity index (χ2v) is 12.9. The number of aryl methyl sites for hydroxylation is 2. The Morgan fingerprint density at radius 3 is 1.91 bits per heavy atom. The molecule has 7 nitrogen and oxygen atoms in total. The van der Waals surface area contributed by atoms with Gasteiger partial charge in [0, 0.05) is 35.6 Å². The summed E-state index contributed by atoms with van der Waals surface area (Å²) in [6, 6.07) is 26.6. The number of halogens is 2. The third-order valence-corrected chi connectivity index (χ3v) is 9.61. The quantitative estimate of drug-likeness (QED) is 0.212. The lowest BCUT2D eigenvalue weighted by molar-refractivity contribution is -0.139. The molecule has 0 spiro atoms. The summed E-state index contributed by atoms with van der Waals surface area (Å²) < 4.78 is 29.2. The van der Waals surface area contributed by atoms with E-state index < -0.39 is 34.4 Å². The van der Waals surface area contributed by atoms with E-state index in [1.807, 2.05) is 44.2 Å². The second kappa shape index (κ2) is 14.1. The van der Waals surface area contributed by atoms with Crippen molar-refractivity contribution < 1.29 is 18.0 Å². The minimum atomic E-state index is -4.18. The van der Waals surface area contributed by atoms with Crippen LogP contribution in [-0.2, 0) is 32.6 Å². The van der Waals surface area contributed by atoms with Crippen LogP contribution >= 0.6 is 23.2 Å². The molecule has 0 unspecified atom stereocenters. The van der Waals surface area contributed by atoms with E-state index in [1.54, 1.807) is 54.6 Å². The average Bonchev–Trinajstić information content (AvgIpc) is 2.99. The zero-order valence-corrected chi connectivity index (χ0v) is 26.5. The number of carbonyl (C=O) groups excluding carboxylic acids is 2. The van der Waals surface area contributed by atoms with Gasteiger partial charge in [0.25, 0.3) is 10.0 Å². The maximum atomic E-state index is 14.4. The first-order valence-corrected chi connectivity index (χ1v) is 15.8. The molecule has 4 aromatic rings. The van der Waals surface area contributed by atoms with Crippen LogP contribution in [0.4, 0.5) is 5.69 Å². The maximum absolute atomic E-state index is 14.4. The van der Waals surface area contributed by atoms with Crippen molar-refractivity contribution in [2.24, 2.45) is 0 Å². The van der Waals surface area contributed by atoms with E-state index in [-0.39, 0.29) is 17.9 Å². The minimum Gasteiger partial charge on any atom is -0.357 e. The lowest BCUT2D eigenvalue weighted by Crippen LogP contribution is -2.53. The number of sulfonamides is 1. The molecule has 0 radical (unpaired) electrons. The van der Waals surface area contributed by atoms with E-state index in [1.165, 1.54) is 24.1 Å². The molecule has 0 fully saturated rings. The van der Waals surface area contributed by atoms with E-state index in [2.05, 4.69) is 5.32 Å². The number of benzene rings is 4. The number of nitrogens with zero attached hydrogens (tertiary/aromatic N) is 2. The molecule has 0 heterocycles. The molecule has 10 heteroatoms. The van der Waals surface area contributed by atoms with Crippen molar-refractivity contribution in [3.8, 4) is 0 Å². The monoisotopic (exact) mass is 637 g/mol. The number of likely N-dealkylation sites (N-methyl/N-ethyl adjacent to an activating group) is 1. The molecule has 224 valence electrons. The van der Waals surface area contributed by atoms with Crippen LogP contribution in [0.1, 0.15) is 22.3 Å². The summed E-state index contributed by atoms with van der Waals surface area (Å²) in [6.45, 7) is 3.07. The fraction of sp³-hybridized carbons (Fsp3) is 0.212. The predicted molar refractivity (Wildman–Crippen MR) is 172 cm³/mol. The second-order valence-electron chi connectivity index (χ2n) is 10.2. The van der Waals surface area contributed by atoms with E-state index >= 15 is 0 Å². The highest BCUT2D eigenvalue weighted by Gasteiger charge is 2.35. The summed E-state index contributed by atoms with van der Waals surface area (Å²) in [6.07, 6.45) is 0.184. The number of amides is 2. The van der Waals surface area contributed by atoms with Crippen molar-refractivity contribution in [3.63, 3.8) is 0 Å². The van der Waals surface area contributed by atoms with Gasteiger partial charge >= 0.3 is 0 Å². The highest BCUT2D eigenvalue weighted by atomic mass is 35.5. The minimum absolute atomic E-state index is 0.0410. The van der Waals surface area contributed by atoms with Gasteiger partial charge in [0.2, 0.25) is 11.8 Å². The topological polar surface area (TPSA) is 86.8 Å². The van der Waals surface area contributed by atoms with E-state index in [9.17, 15) is 18.0 Å². The number of nitrogens with one attached hydrogen (secondary N) is 1. The molecule has 0 bridgehead atoms. The van der Waals surface area contributed by atoms with Crippen molar-refractivity contribution in [1.29, 1.82) is 0 Å². The van der Waals surface area contributed by atoms with Gasteiger partial charge in [-0.2, -0.15) is 0 Å². The van der Waals surface area contributed by atoms with Gasteiger partial charge in [0.15, 0.2) is 0 Å². The van der Waals surface area contributed by atoms with Crippen LogP contribution in [0, 0.1) is 13.8 Å². The Kier molecular flexibility index (Phi) is 10.5. The molecule has 4 rings (SSSR count). The highest BCUT2D eigenvalue weighted by molar-refractivity contribution is 7.92. The molecule has 43 heavy (non-hydrogen) atoms. The zero-order valence-electron chi connectivity index (χ0n) is 24.1. The summed E-state index contributed by atoms with van der Waals surface area (Å²) in [5, 5.41) is 3.30. The zero-order chi connectivity index (χ0) is 31.1. The van der Waals surface area contributed by atoms with E-state index in [0.29, 0.717) is 21.3 Å². The number of hydrogen-bond donors (Lipinski definition) is 1. The highest BCUT2D eigenvalue weighted by Crippen LogP contribution is 2.29. The van der Waals surface area contributed by atoms with Crippen LogP contribution < -0.4 is 9.62 Å². The van der Waals surface area contributed by atoms with Gasteiger partial charge in [0.05, 0.1) is 10.6 Å². The lowest BCUT2D eigenvalue weighted by Gasteiger charge is -2.34.